The molecule has 0 fully saturated rings. The summed E-state index contributed by atoms with van der Waals surface area (Å²) in [5.74, 6) is 0. The van der Waals surface area contributed by atoms with E-state index in [0.29, 0.717) is 10.9 Å². The Morgan fingerprint density at radius 2 is 2.22 bits per heavy atom. The fraction of sp³-hybridized carbons (Fsp3) is 0.538. The molecule has 1 aromatic rings. The summed E-state index contributed by atoms with van der Waals surface area (Å²) in [6.45, 7) is 5.92. The summed E-state index contributed by atoms with van der Waals surface area (Å²) in [5, 5.41) is 3.31. The Hall–Kier alpha value is -1.07. The summed E-state index contributed by atoms with van der Waals surface area (Å²) < 4.78 is 27.0. The lowest BCUT2D eigenvalue weighted by atomic mass is 10.1. The van der Waals surface area contributed by atoms with Crippen molar-refractivity contribution in [2.24, 2.45) is 0 Å². The zero-order chi connectivity index (χ0) is 13.3. The van der Waals surface area contributed by atoms with Gasteiger partial charge in [-0.25, -0.2) is 13.1 Å². The molecular formula is C13H20N2O2S. The van der Waals surface area contributed by atoms with Gasteiger partial charge in [-0.3, -0.25) is 0 Å². The van der Waals surface area contributed by atoms with Gasteiger partial charge in [-0.2, -0.15) is 0 Å². The van der Waals surface area contributed by atoms with E-state index in [9.17, 15) is 8.42 Å². The fourth-order valence-corrected chi connectivity index (χ4v) is 3.49. The number of nitrogens with one attached hydrogen (secondary N) is 2. The Morgan fingerprint density at radius 3 is 2.89 bits per heavy atom. The third-order valence-electron chi connectivity index (χ3n) is 3.28. The molecule has 1 heterocycles. The van der Waals surface area contributed by atoms with E-state index >= 15 is 0 Å². The molecule has 2 atom stereocenters. The van der Waals surface area contributed by atoms with Crippen molar-refractivity contribution in [1.29, 1.82) is 0 Å². The van der Waals surface area contributed by atoms with Crippen LogP contribution in [-0.2, 0) is 16.4 Å². The highest BCUT2D eigenvalue weighted by Crippen LogP contribution is 2.28. The van der Waals surface area contributed by atoms with Crippen molar-refractivity contribution in [2.75, 3.05) is 5.32 Å². The lowest BCUT2D eigenvalue weighted by Crippen LogP contribution is -2.32. The summed E-state index contributed by atoms with van der Waals surface area (Å²) in [6, 6.07) is 5.62. The summed E-state index contributed by atoms with van der Waals surface area (Å²) >= 11 is 0. The second-order valence-electron chi connectivity index (χ2n) is 5.00. The van der Waals surface area contributed by atoms with Gasteiger partial charge in [0.2, 0.25) is 10.0 Å². The molecule has 0 bridgehead atoms. The number of hydrogen-bond donors (Lipinski definition) is 2. The van der Waals surface area contributed by atoms with Gasteiger partial charge in [0.25, 0.3) is 0 Å². The predicted molar refractivity (Wildman–Crippen MR) is 73.3 cm³/mol. The average molecular weight is 268 g/mol. The fourth-order valence-electron chi connectivity index (χ4n) is 2.11. The van der Waals surface area contributed by atoms with Crippen molar-refractivity contribution in [1.82, 2.24) is 4.72 Å². The molecule has 2 rings (SSSR count). The molecule has 1 aliphatic rings. The molecule has 2 N–H and O–H groups in total. The quantitative estimate of drug-likeness (QED) is 0.879. The molecule has 1 aromatic carbocycles. The molecule has 100 valence electrons. The van der Waals surface area contributed by atoms with Crippen LogP contribution in [0.3, 0.4) is 0 Å². The molecule has 0 spiro atoms. The van der Waals surface area contributed by atoms with Gasteiger partial charge < -0.3 is 5.32 Å². The molecule has 5 heteroatoms. The predicted octanol–water partition coefficient (Wildman–Crippen LogP) is 2.12. The van der Waals surface area contributed by atoms with Crippen LogP contribution >= 0.6 is 0 Å². The zero-order valence-corrected chi connectivity index (χ0v) is 11.8. The van der Waals surface area contributed by atoms with E-state index in [4.69, 9.17) is 0 Å². The van der Waals surface area contributed by atoms with Crippen molar-refractivity contribution in [3.8, 4) is 0 Å². The number of benzene rings is 1. The first kappa shape index (κ1) is 13.4. The summed E-state index contributed by atoms with van der Waals surface area (Å²) in [4.78, 5) is 0.359. The number of sulfonamides is 1. The van der Waals surface area contributed by atoms with Crippen molar-refractivity contribution in [3.05, 3.63) is 23.8 Å². The van der Waals surface area contributed by atoms with E-state index in [2.05, 4.69) is 17.0 Å². The first-order valence-electron chi connectivity index (χ1n) is 6.34. The SMILES string of the molecule is CC[C@H](C)NS(=O)(=O)c1ccc2c(c1)C[C@H](C)N2. The van der Waals surface area contributed by atoms with Crippen molar-refractivity contribution < 1.29 is 8.42 Å². The third-order valence-corrected chi connectivity index (χ3v) is 4.87. The number of hydrogen-bond acceptors (Lipinski definition) is 3. The van der Waals surface area contributed by atoms with E-state index < -0.39 is 10.0 Å². The van der Waals surface area contributed by atoms with E-state index in [-0.39, 0.29) is 6.04 Å². The minimum Gasteiger partial charge on any atom is -0.382 e. The van der Waals surface area contributed by atoms with Crippen molar-refractivity contribution in [2.45, 2.75) is 50.6 Å². The highest BCUT2D eigenvalue weighted by atomic mass is 32.2. The van der Waals surface area contributed by atoms with E-state index in [1.54, 1.807) is 12.1 Å². The maximum atomic E-state index is 12.2. The monoisotopic (exact) mass is 268 g/mol. The normalized spacial score (nSPS) is 20.3. The highest BCUT2D eigenvalue weighted by molar-refractivity contribution is 7.89. The molecule has 18 heavy (non-hydrogen) atoms. The van der Waals surface area contributed by atoms with Gasteiger partial charge in [0, 0.05) is 17.8 Å². The van der Waals surface area contributed by atoms with E-state index in [0.717, 1.165) is 24.1 Å². The minimum absolute atomic E-state index is 0.0414. The summed E-state index contributed by atoms with van der Waals surface area (Å²) in [5.41, 5.74) is 2.12. The van der Waals surface area contributed by atoms with Crippen LogP contribution in [0.1, 0.15) is 32.8 Å². The molecule has 0 aromatic heterocycles. The average Bonchev–Trinajstić information content (AvgIpc) is 2.67. The van der Waals surface area contributed by atoms with Crippen LogP contribution in [-0.4, -0.2) is 20.5 Å². The minimum atomic E-state index is -3.39. The first-order valence-corrected chi connectivity index (χ1v) is 7.82. The Labute approximate surface area is 109 Å². The Morgan fingerprint density at radius 1 is 1.50 bits per heavy atom. The standard InChI is InChI=1S/C13H20N2O2S/c1-4-9(2)15-18(16,17)12-5-6-13-11(8-12)7-10(3)14-13/h5-6,8-10,14-15H,4,7H2,1-3H3/t9-,10-/m0/s1. The second-order valence-corrected chi connectivity index (χ2v) is 6.71. The molecule has 0 radical (unpaired) electrons. The molecule has 0 amide bonds. The van der Waals surface area contributed by atoms with Crippen LogP contribution in [0.2, 0.25) is 0 Å². The van der Waals surface area contributed by atoms with Crippen LogP contribution < -0.4 is 10.0 Å². The number of rotatable bonds is 4. The van der Waals surface area contributed by atoms with Gasteiger partial charge >= 0.3 is 0 Å². The topological polar surface area (TPSA) is 58.2 Å². The Kier molecular flexibility index (Phi) is 3.64. The van der Waals surface area contributed by atoms with Crippen molar-refractivity contribution >= 4 is 15.7 Å². The molecule has 4 nitrogen and oxygen atoms in total. The van der Waals surface area contributed by atoms with Gasteiger partial charge in [-0.15, -0.1) is 0 Å². The smallest absolute Gasteiger partial charge is 0.240 e. The third kappa shape index (κ3) is 2.67. The molecule has 0 saturated heterocycles. The summed E-state index contributed by atoms with van der Waals surface area (Å²) in [7, 11) is -3.39. The second kappa shape index (κ2) is 4.90. The maximum Gasteiger partial charge on any atom is 0.240 e. The van der Waals surface area contributed by atoms with E-state index in [1.165, 1.54) is 0 Å². The molecule has 1 aliphatic heterocycles. The van der Waals surface area contributed by atoms with Crippen LogP contribution in [0.15, 0.2) is 23.1 Å². The summed E-state index contributed by atoms with van der Waals surface area (Å²) in [6.07, 6.45) is 1.66. The number of fused-ring (bicyclic) bond motifs is 1. The molecular weight excluding hydrogens is 248 g/mol. The van der Waals surface area contributed by atoms with Crippen LogP contribution in [0.5, 0.6) is 0 Å². The Balaban J connectivity index is 2.27. The molecule has 0 saturated carbocycles. The number of anilines is 1. The highest BCUT2D eigenvalue weighted by Gasteiger charge is 2.21. The first-order chi connectivity index (χ1) is 8.42. The van der Waals surface area contributed by atoms with Gasteiger partial charge in [0.05, 0.1) is 4.90 Å². The Bertz CT molecular complexity index is 540. The van der Waals surface area contributed by atoms with Gasteiger partial charge in [0.15, 0.2) is 0 Å². The lowest BCUT2D eigenvalue weighted by molar-refractivity contribution is 0.556. The van der Waals surface area contributed by atoms with Crippen LogP contribution in [0, 0.1) is 0 Å². The molecule has 0 unspecified atom stereocenters. The van der Waals surface area contributed by atoms with Crippen molar-refractivity contribution in [3.63, 3.8) is 0 Å². The van der Waals surface area contributed by atoms with Crippen LogP contribution in [0.4, 0.5) is 5.69 Å². The van der Waals surface area contributed by atoms with E-state index in [1.807, 2.05) is 19.9 Å². The van der Waals surface area contributed by atoms with Gasteiger partial charge in [-0.1, -0.05) is 6.92 Å². The lowest BCUT2D eigenvalue weighted by Gasteiger charge is -2.12. The maximum absolute atomic E-state index is 12.2. The molecule has 0 aliphatic carbocycles. The zero-order valence-electron chi connectivity index (χ0n) is 11.0. The van der Waals surface area contributed by atoms with Gasteiger partial charge in [-0.05, 0) is 50.5 Å². The van der Waals surface area contributed by atoms with Crippen LogP contribution in [0.25, 0.3) is 0 Å². The largest absolute Gasteiger partial charge is 0.382 e. The van der Waals surface area contributed by atoms with Gasteiger partial charge in [0.1, 0.15) is 0 Å².